The number of allylic oxidation sites excluding steroid dienone is 1. The van der Waals surface area contributed by atoms with E-state index in [1.54, 1.807) is 6.92 Å². The zero-order chi connectivity index (χ0) is 13.9. The number of hydrogen-bond donors (Lipinski definition) is 0. The first-order chi connectivity index (χ1) is 8.58. The zero-order valence-electron chi connectivity index (χ0n) is 11.2. The number of unbranched alkanes of at least 4 members (excludes halogenated alkanes) is 2. The number of halogens is 1. The molecule has 0 heterocycles. The summed E-state index contributed by atoms with van der Waals surface area (Å²) in [4.78, 5) is 0. The summed E-state index contributed by atoms with van der Waals surface area (Å²) in [5.74, 6) is 3.77. The first kappa shape index (κ1) is 17.6. The van der Waals surface area contributed by atoms with Gasteiger partial charge in [-0.15, -0.1) is 11.6 Å². The second kappa shape index (κ2) is 10.5. The maximum Gasteiger partial charge on any atom is 0.456 e. The molecular weight excluding hydrogens is 271 g/mol. The predicted octanol–water partition coefficient (Wildman–Crippen LogP) is 4.92. The molecule has 18 heavy (non-hydrogen) atoms. The van der Waals surface area contributed by atoms with Crippen LogP contribution in [0.2, 0.25) is 0 Å². The largest absolute Gasteiger partial charge is 0.456 e. The van der Waals surface area contributed by atoms with Crippen LogP contribution in [0.5, 0.6) is 0 Å². The van der Waals surface area contributed by atoms with Gasteiger partial charge in [0.25, 0.3) is 0 Å². The fourth-order valence-electron chi connectivity index (χ4n) is 1.15. The molecule has 0 saturated heterocycles. The highest BCUT2D eigenvalue weighted by molar-refractivity contribution is 7.59. The van der Waals surface area contributed by atoms with Crippen LogP contribution in [0.1, 0.15) is 46.0 Å². The van der Waals surface area contributed by atoms with Crippen molar-refractivity contribution in [3.63, 3.8) is 0 Å². The minimum Gasteiger partial charge on any atom is -0.421 e. The Morgan fingerprint density at radius 3 is 2.67 bits per heavy atom. The monoisotopic (exact) mass is 292 g/mol. The van der Waals surface area contributed by atoms with E-state index in [1.807, 2.05) is 0 Å². The van der Waals surface area contributed by atoms with Crippen LogP contribution in [0, 0.1) is 11.6 Å². The average molecular weight is 293 g/mol. The molecule has 0 aromatic rings. The van der Waals surface area contributed by atoms with E-state index in [-0.39, 0.29) is 0 Å². The van der Waals surface area contributed by atoms with Crippen molar-refractivity contribution in [2.75, 3.05) is 12.5 Å². The fraction of sp³-hybridized carbons (Fsp3) is 0.692. The number of hydrogen-bond acceptors (Lipinski definition) is 3. The third-order valence-electron chi connectivity index (χ3n) is 2.01. The van der Waals surface area contributed by atoms with Crippen molar-refractivity contribution in [3.05, 3.63) is 12.3 Å². The highest BCUT2D eigenvalue weighted by atomic mass is 35.5. The summed E-state index contributed by atoms with van der Waals surface area (Å²) < 4.78 is 22.6. The molecule has 0 radical (unpaired) electrons. The van der Waals surface area contributed by atoms with Crippen LogP contribution < -0.4 is 0 Å². The smallest absolute Gasteiger partial charge is 0.421 e. The lowest BCUT2D eigenvalue weighted by atomic mass is 10.3. The Labute approximate surface area is 115 Å². The second-order valence-corrected chi connectivity index (χ2v) is 5.77. The summed E-state index contributed by atoms with van der Waals surface area (Å²) in [5, 5.41) is 0. The minimum atomic E-state index is -3.36. The standard InChI is InChI=1S/C13H22ClO3P/c1-4-6-7-8-12-18(15,16-5-2)17-13(3)10-9-11-14/h3-7,9-11H2,1-2H3. The highest BCUT2D eigenvalue weighted by Crippen LogP contribution is 2.49. The maximum absolute atomic E-state index is 12.2. The van der Waals surface area contributed by atoms with Crippen LogP contribution in [-0.4, -0.2) is 12.5 Å². The summed E-state index contributed by atoms with van der Waals surface area (Å²) in [6.45, 7) is 7.83. The van der Waals surface area contributed by atoms with Crippen molar-refractivity contribution in [1.82, 2.24) is 0 Å². The van der Waals surface area contributed by atoms with Gasteiger partial charge in [0, 0.05) is 24.4 Å². The molecule has 104 valence electrons. The molecule has 1 atom stereocenters. The molecule has 0 aromatic heterocycles. The lowest BCUT2D eigenvalue weighted by Crippen LogP contribution is -1.94. The third-order valence-corrected chi connectivity index (χ3v) is 3.80. The average Bonchev–Trinajstić information content (AvgIpc) is 2.32. The van der Waals surface area contributed by atoms with Crippen LogP contribution in [0.25, 0.3) is 0 Å². The minimum absolute atomic E-state index is 0.294. The van der Waals surface area contributed by atoms with Gasteiger partial charge in [-0.05, 0) is 19.8 Å². The van der Waals surface area contributed by atoms with Crippen molar-refractivity contribution in [2.45, 2.75) is 46.0 Å². The molecule has 0 bridgehead atoms. The van der Waals surface area contributed by atoms with Gasteiger partial charge in [-0.3, -0.25) is 4.52 Å². The topological polar surface area (TPSA) is 35.5 Å². The van der Waals surface area contributed by atoms with E-state index in [2.05, 4.69) is 25.1 Å². The van der Waals surface area contributed by atoms with E-state index in [9.17, 15) is 4.57 Å². The quantitative estimate of drug-likeness (QED) is 0.199. The summed E-state index contributed by atoms with van der Waals surface area (Å²) in [6, 6.07) is 0. The molecule has 0 spiro atoms. The van der Waals surface area contributed by atoms with E-state index in [0.29, 0.717) is 31.1 Å². The lowest BCUT2D eigenvalue weighted by Gasteiger charge is -2.14. The second-order valence-electron chi connectivity index (χ2n) is 3.73. The molecule has 0 aliphatic rings. The normalized spacial score (nSPS) is 13.3. The first-order valence-corrected chi connectivity index (χ1v) is 8.33. The van der Waals surface area contributed by atoms with E-state index in [4.69, 9.17) is 20.6 Å². The van der Waals surface area contributed by atoms with E-state index in [1.165, 1.54) is 0 Å². The summed E-state index contributed by atoms with van der Waals surface area (Å²) in [7, 11) is -3.36. The van der Waals surface area contributed by atoms with E-state index < -0.39 is 7.60 Å². The molecule has 0 saturated carbocycles. The van der Waals surface area contributed by atoms with Crippen LogP contribution in [-0.2, 0) is 13.6 Å². The molecule has 0 N–H and O–H groups in total. The SMILES string of the molecule is C=C(CCCCl)OP(=O)(C#CCCCC)OCC. The van der Waals surface area contributed by atoms with Crippen LogP contribution in [0.15, 0.2) is 12.3 Å². The Morgan fingerprint density at radius 2 is 2.11 bits per heavy atom. The highest BCUT2D eigenvalue weighted by Gasteiger charge is 2.23. The lowest BCUT2D eigenvalue weighted by molar-refractivity contribution is 0.256. The van der Waals surface area contributed by atoms with Gasteiger partial charge in [0.1, 0.15) is 0 Å². The van der Waals surface area contributed by atoms with Gasteiger partial charge in [0.2, 0.25) is 0 Å². The van der Waals surface area contributed by atoms with E-state index >= 15 is 0 Å². The summed E-state index contributed by atoms with van der Waals surface area (Å²) in [6.07, 6.45) is 4.03. The summed E-state index contributed by atoms with van der Waals surface area (Å²) in [5.41, 5.74) is 2.61. The Kier molecular flexibility index (Phi) is 10.3. The molecule has 0 amide bonds. The van der Waals surface area contributed by atoms with Crippen molar-refractivity contribution in [3.8, 4) is 11.6 Å². The predicted molar refractivity (Wildman–Crippen MR) is 76.7 cm³/mol. The summed E-state index contributed by atoms with van der Waals surface area (Å²) >= 11 is 5.57. The van der Waals surface area contributed by atoms with Crippen molar-refractivity contribution < 1.29 is 13.6 Å². The van der Waals surface area contributed by atoms with Gasteiger partial charge in [-0.1, -0.05) is 25.8 Å². The molecule has 0 rings (SSSR count). The van der Waals surface area contributed by atoms with Crippen LogP contribution in [0.3, 0.4) is 0 Å². The fourth-order valence-corrected chi connectivity index (χ4v) is 2.52. The molecule has 3 nitrogen and oxygen atoms in total. The van der Waals surface area contributed by atoms with Gasteiger partial charge in [-0.25, -0.2) is 4.57 Å². The first-order valence-electron chi connectivity index (χ1n) is 6.26. The Hall–Kier alpha value is -0.420. The molecule has 1 unspecified atom stereocenters. The Bertz CT molecular complexity index is 344. The third kappa shape index (κ3) is 8.64. The van der Waals surface area contributed by atoms with Gasteiger partial charge in [0.05, 0.1) is 12.4 Å². The van der Waals surface area contributed by atoms with Crippen LogP contribution in [0.4, 0.5) is 0 Å². The molecule has 5 heteroatoms. The molecule has 0 fully saturated rings. The molecular formula is C13H22ClO3P. The zero-order valence-corrected chi connectivity index (χ0v) is 12.9. The molecule has 0 aliphatic carbocycles. The van der Waals surface area contributed by atoms with Crippen molar-refractivity contribution in [1.29, 1.82) is 0 Å². The van der Waals surface area contributed by atoms with Crippen molar-refractivity contribution in [2.24, 2.45) is 0 Å². The van der Waals surface area contributed by atoms with Gasteiger partial charge in [0.15, 0.2) is 0 Å². The molecule has 0 aromatic carbocycles. The van der Waals surface area contributed by atoms with Gasteiger partial charge < -0.3 is 4.52 Å². The van der Waals surface area contributed by atoms with E-state index in [0.717, 1.165) is 19.3 Å². The Morgan fingerprint density at radius 1 is 1.39 bits per heavy atom. The van der Waals surface area contributed by atoms with Gasteiger partial charge >= 0.3 is 7.60 Å². The van der Waals surface area contributed by atoms with Gasteiger partial charge in [-0.2, -0.15) is 0 Å². The maximum atomic E-state index is 12.2. The Balaban J connectivity index is 4.44. The number of rotatable bonds is 9. The number of alkyl halides is 1. The van der Waals surface area contributed by atoms with Crippen LogP contribution >= 0.6 is 19.2 Å². The van der Waals surface area contributed by atoms with Crippen molar-refractivity contribution >= 4 is 19.2 Å². The molecule has 0 aliphatic heterocycles.